The minimum atomic E-state index is -1.01. The van der Waals surface area contributed by atoms with Gasteiger partial charge in [-0.3, -0.25) is 4.90 Å². The molecular formula is C14H19NO4. The first-order valence-corrected chi connectivity index (χ1v) is 6.87. The Morgan fingerprint density at radius 2 is 2.32 bits per heavy atom. The van der Waals surface area contributed by atoms with Crippen molar-refractivity contribution < 1.29 is 19.1 Å². The fraction of sp³-hybridized carbons (Fsp3) is 0.643. The predicted octanol–water partition coefficient (Wildman–Crippen LogP) is 2.29. The zero-order valence-electron chi connectivity index (χ0n) is 11.0. The lowest BCUT2D eigenvalue weighted by molar-refractivity contribution is -0.0725. The largest absolute Gasteiger partial charge is 0.475 e. The smallest absolute Gasteiger partial charge is 0.371 e. The van der Waals surface area contributed by atoms with Crippen molar-refractivity contribution in [3.8, 4) is 0 Å². The molecule has 0 amide bonds. The van der Waals surface area contributed by atoms with E-state index in [4.69, 9.17) is 14.3 Å². The molecule has 2 fully saturated rings. The highest BCUT2D eigenvalue weighted by Gasteiger charge is 2.39. The maximum Gasteiger partial charge on any atom is 0.371 e. The second-order valence-electron chi connectivity index (χ2n) is 5.33. The Labute approximate surface area is 112 Å². The van der Waals surface area contributed by atoms with Crippen molar-refractivity contribution >= 4 is 5.97 Å². The van der Waals surface area contributed by atoms with Crippen LogP contribution in [0, 0.1) is 0 Å². The number of rotatable bonds is 3. The molecule has 1 aliphatic carbocycles. The Kier molecular flexibility index (Phi) is 3.33. The SMILES string of the molecule is CC(c1ccc(C(=O)O)o1)N1CCOC2CCCC21. The molecule has 2 heterocycles. The summed E-state index contributed by atoms with van der Waals surface area (Å²) in [4.78, 5) is 13.3. The fourth-order valence-corrected chi connectivity index (χ4v) is 3.29. The molecule has 19 heavy (non-hydrogen) atoms. The summed E-state index contributed by atoms with van der Waals surface area (Å²) >= 11 is 0. The van der Waals surface area contributed by atoms with Gasteiger partial charge in [0.05, 0.1) is 18.8 Å². The third-order valence-corrected chi connectivity index (χ3v) is 4.27. The number of carbonyl (C=O) groups is 1. The van der Waals surface area contributed by atoms with Crippen LogP contribution in [0.5, 0.6) is 0 Å². The van der Waals surface area contributed by atoms with Gasteiger partial charge in [0.25, 0.3) is 0 Å². The Morgan fingerprint density at radius 1 is 1.47 bits per heavy atom. The minimum absolute atomic E-state index is 0.0121. The average Bonchev–Trinajstić information content (AvgIpc) is 3.06. The van der Waals surface area contributed by atoms with Crippen molar-refractivity contribution in [3.05, 3.63) is 23.7 Å². The Morgan fingerprint density at radius 3 is 3.05 bits per heavy atom. The van der Waals surface area contributed by atoms with Gasteiger partial charge in [-0.15, -0.1) is 0 Å². The number of nitrogens with zero attached hydrogens (tertiary/aromatic N) is 1. The Hall–Kier alpha value is -1.33. The number of hydrogen-bond acceptors (Lipinski definition) is 4. The third-order valence-electron chi connectivity index (χ3n) is 4.27. The highest BCUT2D eigenvalue weighted by Crippen LogP contribution is 2.35. The molecule has 5 nitrogen and oxygen atoms in total. The lowest BCUT2D eigenvalue weighted by Gasteiger charge is -2.40. The molecular weight excluding hydrogens is 246 g/mol. The molecule has 3 atom stereocenters. The molecule has 1 N–H and O–H groups in total. The van der Waals surface area contributed by atoms with Crippen LogP contribution in [-0.4, -0.2) is 41.3 Å². The monoisotopic (exact) mass is 265 g/mol. The maximum atomic E-state index is 10.9. The molecule has 1 saturated heterocycles. The first kappa shape index (κ1) is 12.7. The van der Waals surface area contributed by atoms with Crippen LogP contribution in [0.4, 0.5) is 0 Å². The van der Waals surface area contributed by atoms with Gasteiger partial charge in [0.15, 0.2) is 0 Å². The number of carboxylic acids is 1. The van der Waals surface area contributed by atoms with E-state index in [0.29, 0.717) is 12.1 Å². The van der Waals surface area contributed by atoms with Crippen molar-refractivity contribution in [2.45, 2.75) is 44.4 Å². The molecule has 1 aromatic rings. The van der Waals surface area contributed by atoms with Crippen LogP contribution in [0.3, 0.4) is 0 Å². The van der Waals surface area contributed by atoms with Gasteiger partial charge in [-0.05, 0) is 38.3 Å². The predicted molar refractivity (Wildman–Crippen MR) is 68.2 cm³/mol. The van der Waals surface area contributed by atoms with Crippen LogP contribution in [-0.2, 0) is 4.74 Å². The zero-order valence-corrected chi connectivity index (χ0v) is 11.0. The quantitative estimate of drug-likeness (QED) is 0.908. The summed E-state index contributed by atoms with van der Waals surface area (Å²) in [6, 6.07) is 3.85. The lowest BCUT2D eigenvalue weighted by Crippen LogP contribution is -2.49. The second kappa shape index (κ2) is 4.98. The molecule has 3 unspecified atom stereocenters. The van der Waals surface area contributed by atoms with E-state index in [1.807, 2.05) is 0 Å². The summed E-state index contributed by atoms with van der Waals surface area (Å²) in [6.45, 7) is 3.70. The van der Waals surface area contributed by atoms with Crippen molar-refractivity contribution in [1.82, 2.24) is 4.90 Å². The molecule has 1 aliphatic heterocycles. The number of hydrogen-bond donors (Lipinski definition) is 1. The highest BCUT2D eigenvalue weighted by molar-refractivity contribution is 5.84. The van der Waals surface area contributed by atoms with Gasteiger partial charge in [-0.1, -0.05) is 0 Å². The molecule has 5 heteroatoms. The molecule has 0 bridgehead atoms. The maximum absolute atomic E-state index is 10.9. The normalized spacial score (nSPS) is 29.1. The van der Waals surface area contributed by atoms with Gasteiger partial charge in [0.2, 0.25) is 5.76 Å². The van der Waals surface area contributed by atoms with E-state index in [1.165, 1.54) is 12.5 Å². The van der Waals surface area contributed by atoms with Crippen LogP contribution >= 0.6 is 0 Å². The van der Waals surface area contributed by atoms with E-state index in [2.05, 4.69) is 11.8 Å². The van der Waals surface area contributed by atoms with Crippen molar-refractivity contribution in [2.24, 2.45) is 0 Å². The molecule has 2 aliphatic rings. The van der Waals surface area contributed by atoms with E-state index in [1.54, 1.807) is 6.07 Å². The molecule has 1 aromatic heterocycles. The van der Waals surface area contributed by atoms with Crippen molar-refractivity contribution in [1.29, 1.82) is 0 Å². The van der Waals surface area contributed by atoms with Gasteiger partial charge in [0.1, 0.15) is 5.76 Å². The number of ether oxygens (including phenoxy) is 1. The number of fused-ring (bicyclic) bond motifs is 1. The molecule has 0 spiro atoms. The van der Waals surface area contributed by atoms with Crippen LogP contribution in [0.2, 0.25) is 0 Å². The summed E-state index contributed by atoms with van der Waals surface area (Å²) in [6.07, 6.45) is 3.83. The molecule has 104 valence electrons. The molecule has 3 rings (SSSR count). The first-order valence-electron chi connectivity index (χ1n) is 6.87. The third kappa shape index (κ3) is 2.28. The summed E-state index contributed by atoms with van der Waals surface area (Å²) in [5.41, 5.74) is 0. The molecule has 0 aromatic carbocycles. The standard InChI is InChI=1S/C14H19NO4/c1-9(11-5-6-13(19-11)14(16)17)15-7-8-18-12-4-2-3-10(12)15/h5-6,9-10,12H,2-4,7-8H2,1H3,(H,16,17). The van der Waals surface area contributed by atoms with Crippen LogP contribution < -0.4 is 0 Å². The van der Waals surface area contributed by atoms with Crippen LogP contribution in [0.1, 0.15) is 48.5 Å². The number of furan rings is 1. The van der Waals surface area contributed by atoms with Gasteiger partial charge >= 0.3 is 5.97 Å². The summed E-state index contributed by atoms with van der Waals surface area (Å²) in [5.74, 6) is -0.276. The van der Waals surface area contributed by atoms with Gasteiger partial charge in [-0.25, -0.2) is 4.79 Å². The van der Waals surface area contributed by atoms with Crippen molar-refractivity contribution in [2.75, 3.05) is 13.2 Å². The topological polar surface area (TPSA) is 62.9 Å². The van der Waals surface area contributed by atoms with Crippen molar-refractivity contribution in [3.63, 3.8) is 0 Å². The average molecular weight is 265 g/mol. The minimum Gasteiger partial charge on any atom is -0.475 e. The second-order valence-corrected chi connectivity index (χ2v) is 5.33. The lowest BCUT2D eigenvalue weighted by atomic mass is 10.1. The van der Waals surface area contributed by atoms with E-state index < -0.39 is 5.97 Å². The van der Waals surface area contributed by atoms with Gasteiger partial charge in [0, 0.05) is 12.6 Å². The number of carboxylic acid groups (broad SMARTS) is 1. The van der Waals surface area contributed by atoms with Gasteiger partial charge < -0.3 is 14.3 Å². The number of aromatic carboxylic acids is 1. The first-order chi connectivity index (χ1) is 9.16. The molecule has 1 saturated carbocycles. The number of morpholine rings is 1. The van der Waals surface area contributed by atoms with E-state index in [9.17, 15) is 4.79 Å². The zero-order chi connectivity index (χ0) is 13.4. The fourth-order valence-electron chi connectivity index (χ4n) is 3.29. The van der Waals surface area contributed by atoms with Crippen LogP contribution in [0.25, 0.3) is 0 Å². The Bertz CT molecular complexity index is 470. The van der Waals surface area contributed by atoms with E-state index >= 15 is 0 Å². The Balaban J connectivity index is 1.78. The van der Waals surface area contributed by atoms with E-state index in [0.717, 1.165) is 31.8 Å². The van der Waals surface area contributed by atoms with Crippen LogP contribution in [0.15, 0.2) is 16.5 Å². The molecule has 0 radical (unpaired) electrons. The summed E-state index contributed by atoms with van der Waals surface area (Å²) in [7, 11) is 0. The van der Waals surface area contributed by atoms with Gasteiger partial charge in [-0.2, -0.15) is 0 Å². The van der Waals surface area contributed by atoms with E-state index in [-0.39, 0.29) is 11.8 Å². The summed E-state index contributed by atoms with van der Waals surface area (Å²) in [5, 5.41) is 8.91. The highest BCUT2D eigenvalue weighted by atomic mass is 16.5. The summed E-state index contributed by atoms with van der Waals surface area (Å²) < 4.78 is 11.2.